The van der Waals surface area contributed by atoms with Crippen molar-refractivity contribution in [3.05, 3.63) is 35.4 Å². The van der Waals surface area contributed by atoms with Crippen molar-refractivity contribution >= 4 is 11.9 Å². The summed E-state index contributed by atoms with van der Waals surface area (Å²) >= 11 is 0. The molecule has 3 aliphatic rings. The molecule has 3 atom stereocenters. The van der Waals surface area contributed by atoms with Crippen LogP contribution in [0.1, 0.15) is 30.4 Å². The number of ether oxygens (including phenoxy) is 1. The average molecular weight is 315 g/mol. The second-order valence-electron chi connectivity index (χ2n) is 6.91. The lowest BCUT2D eigenvalue weighted by atomic mass is 9.78. The third-order valence-corrected chi connectivity index (χ3v) is 5.65. The van der Waals surface area contributed by atoms with Crippen LogP contribution in [-0.4, -0.2) is 47.7 Å². The van der Waals surface area contributed by atoms with Gasteiger partial charge < -0.3 is 14.7 Å². The summed E-state index contributed by atoms with van der Waals surface area (Å²) in [6.07, 6.45) is 3.30. The maximum atomic E-state index is 12.9. The fourth-order valence-corrected chi connectivity index (χ4v) is 4.38. The molecule has 5 heteroatoms. The van der Waals surface area contributed by atoms with Crippen molar-refractivity contribution in [1.29, 1.82) is 0 Å². The lowest BCUT2D eigenvalue weighted by Crippen LogP contribution is -2.49. The first-order valence-corrected chi connectivity index (χ1v) is 8.33. The molecule has 1 saturated carbocycles. The number of rotatable bonds is 2. The number of hydrogen-bond acceptors (Lipinski definition) is 3. The van der Waals surface area contributed by atoms with Crippen molar-refractivity contribution in [2.75, 3.05) is 19.7 Å². The number of carbonyl (C=O) groups is 2. The second kappa shape index (κ2) is 5.34. The molecular weight excluding hydrogens is 294 g/mol. The molecule has 23 heavy (non-hydrogen) atoms. The molecule has 5 nitrogen and oxygen atoms in total. The van der Waals surface area contributed by atoms with Crippen molar-refractivity contribution < 1.29 is 19.4 Å². The van der Waals surface area contributed by atoms with Crippen molar-refractivity contribution in [1.82, 2.24) is 4.90 Å². The minimum Gasteiger partial charge on any atom is -0.479 e. The molecule has 1 heterocycles. The Bertz CT molecular complexity index is 658. The van der Waals surface area contributed by atoms with Crippen LogP contribution >= 0.6 is 0 Å². The molecule has 4 rings (SSSR count). The molecule has 0 radical (unpaired) electrons. The Morgan fingerprint density at radius 3 is 2.96 bits per heavy atom. The lowest BCUT2D eigenvalue weighted by molar-refractivity contribution is -0.159. The number of aryl methyl sites for hydroxylation is 1. The first-order valence-electron chi connectivity index (χ1n) is 8.33. The quantitative estimate of drug-likeness (QED) is 0.900. The summed E-state index contributed by atoms with van der Waals surface area (Å²) in [7, 11) is 0. The fraction of sp³-hybridized carbons (Fsp3) is 0.556. The van der Waals surface area contributed by atoms with E-state index in [1.165, 1.54) is 11.1 Å². The zero-order valence-corrected chi connectivity index (χ0v) is 13.0. The van der Waals surface area contributed by atoms with Gasteiger partial charge in [-0.1, -0.05) is 24.3 Å². The summed E-state index contributed by atoms with van der Waals surface area (Å²) in [4.78, 5) is 25.7. The predicted molar refractivity (Wildman–Crippen MR) is 83.1 cm³/mol. The van der Waals surface area contributed by atoms with E-state index in [1.54, 1.807) is 4.90 Å². The zero-order chi connectivity index (χ0) is 16.0. The molecule has 1 saturated heterocycles. The number of carboxylic acids is 1. The molecule has 2 fully saturated rings. The predicted octanol–water partition coefficient (Wildman–Crippen LogP) is 1.59. The van der Waals surface area contributed by atoms with Gasteiger partial charge >= 0.3 is 5.97 Å². The van der Waals surface area contributed by atoms with Gasteiger partial charge in [-0.05, 0) is 36.8 Å². The Balaban J connectivity index is 1.53. The molecule has 1 N–H and O–H groups in total. The number of nitrogens with zero attached hydrogens (tertiary/aromatic N) is 1. The Morgan fingerprint density at radius 1 is 1.30 bits per heavy atom. The standard InChI is InChI=1S/C18H21NO4/c20-16(19-8-9-23-15(11-19)17(21)22)14-10-18(14)7-3-5-12-4-1-2-6-13(12)18/h1-2,4,6,14-15H,3,5,7-11H2,(H,21,22). The highest BCUT2D eigenvalue weighted by Crippen LogP contribution is 2.60. The molecular formula is C18H21NO4. The van der Waals surface area contributed by atoms with Gasteiger partial charge in [0, 0.05) is 17.9 Å². The maximum absolute atomic E-state index is 12.9. The SMILES string of the molecule is O=C(O)C1CN(C(=O)C2CC23CCCc2ccccc23)CCO1. The van der Waals surface area contributed by atoms with E-state index in [2.05, 4.69) is 24.3 Å². The molecule has 1 aromatic carbocycles. The topological polar surface area (TPSA) is 66.8 Å². The molecule has 1 aromatic rings. The van der Waals surface area contributed by atoms with Crippen LogP contribution in [0.4, 0.5) is 0 Å². The van der Waals surface area contributed by atoms with Crippen molar-refractivity contribution in [2.45, 2.75) is 37.2 Å². The number of carbonyl (C=O) groups excluding carboxylic acids is 1. The summed E-state index contributed by atoms with van der Waals surface area (Å²) in [5, 5.41) is 9.10. The van der Waals surface area contributed by atoms with Crippen molar-refractivity contribution in [3.63, 3.8) is 0 Å². The maximum Gasteiger partial charge on any atom is 0.334 e. The zero-order valence-electron chi connectivity index (χ0n) is 13.0. The van der Waals surface area contributed by atoms with Gasteiger partial charge in [-0.25, -0.2) is 4.79 Å². The molecule has 1 amide bonds. The van der Waals surface area contributed by atoms with E-state index >= 15 is 0 Å². The van der Waals surface area contributed by atoms with Gasteiger partial charge in [0.1, 0.15) is 0 Å². The fourth-order valence-electron chi connectivity index (χ4n) is 4.38. The second-order valence-corrected chi connectivity index (χ2v) is 6.91. The van der Waals surface area contributed by atoms with Gasteiger partial charge in [-0.3, -0.25) is 4.79 Å². The molecule has 122 valence electrons. The Hall–Kier alpha value is -1.88. The van der Waals surface area contributed by atoms with E-state index in [-0.39, 0.29) is 23.8 Å². The van der Waals surface area contributed by atoms with Crippen LogP contribution < -0.4 is 0 Å². The number of aliphatic carboxylic acids is 1. The highest BCUT2D eigenvalue weighted by molar-refractivity contribution is 5.85. The summed E-state index contributed by atoms with van der Waals surface area (Å²) in [6, 6.07) is 8.46. The van der Waals surface area contributed by atoms with Crippen LogP contribution in [0.15, 0.2) is 24.3 Å². The number of morpholine rings is 1. The number of carboxylic acid groups (broad SMARTS) is 1. The third kappa shape index (κ3) is 2.34. The van der Waals surface area contributed by atoms with Gasteiger partial charge in [0.05, 0.1) is 13.2 Å². The minimum absolute atomic E-state index is 0.00293. The molecule has 0 bridgehead atoms. The largest absolute Gasteiger partial charge is 0.479 e. The Kier molecular flexibility index (Phi) is 3.41. The smallest absolute Gasteiger partial charge is 0.334 e. The summed E-state index contributed by atoms with van der Waals surface area (Å²) in [6.45, 7) is 0.970. The Labute approximate surface area is 135 Å². The highest BCUT2D eigenvalue weighted by Gasteiger charge is 2.61. The van der Waals surface area contributed by atoms with Crippen LogP contribution in [-0.2, 0) is 26.2 Å². The minimum atomic E-state index is -0.990. The number of benzene rings is 1. The van der Waals surface area contributed by atoms with E-state index < -0.39 is 12.1 Å². The molecule has 2 aliphatic carbocycles. The van der Waals surface area contributed by atoms with E-state index in [9.17, 15) is 9.59 Å². The number of fused-ring (bicyclic) bond motifs is 2. The van der Waals surface area contributed by atoms with E-state index in [0.29, 0.717) is 13.2 Å². The summed E-state index contributed by atoms with van der Waals surface area (Å²) < 4.78 is 5.22. The van der Waals surface area contributed by atoms with Crippen LogP contribution in [0, 0.1) is 5.92 Å². The van der Waals surface area contributed by atoms with Gasteiger partial charge in [-0.2, -0.15) is 0 Å². The summed E-state index contributed by atoms with van der Waals surface area (Å²) in [5.41, 5.74) is 2.72. The first kappa shape index (κ1) is 14.7. The van der Waals surface area contributed by atoms with Gasteiger partial charge in [0.15, 0.2) is 6.10 Å². The Morgan fingerprint density at radius 2 is 2.13 bits per heavy atom. The normalized spacial score (nSPS) is 32.4. The molecule has 0 aromatic heterocycles. The van der Waals surface area contributed by atoms with Crippen LogP contribution in [0.3, 0.4) is 0 Å². The monoisotopic (exact) mass is 315 g/mol. The molecule has 1 spiro atoms. The van der Waals surface area contributed by atoms with E-state index in [1.807, 2.05) is 0 Å². The van der Waals surface area contributed by atoms with Gasteiger partial charge in [0.25, 0.3) is 0 Å². The van der Waals surface area contributed by atoms with Crippen molar-refractivity contribution in [3.8, 4) is 0 Å². The van der Waals surface area contributed by atoms with Gasteiger partial charge in [-0.15, -0.1) is 0 Å². The number of hydrogen-bond donors (Lipinski definition) is 1. The molecule has 1 aliphatic heterocycles. The molecule has 3 unspecified atom stereocenters. The van der Waals surface area contributed by atoms with Gasteiger partial charge in [0.2, 0.25) is 5.91 Å². The number of amides is 1. The average Bonchev–Trinajstić information content (AvgIpc) is 3.29. The first-order chi connectivity index (χ1) is 11.1. The van der Waals surface area contributed by atoms with Crippen molar-refractivity contribution in [2.24, 2.45) is 5.92 Å². The van der Waals surface area contributed by atoms with Crippen LogP contribution in [0.2, 0.25) is 0 Å². The third-order valence-electron chi connectivity index (χ3n) is 5.65. The lowest BCUT2D eigenvalue weighted by Gasteiger charge is -2.32. The van der Waals surface area contributed by atoms with Crippen LogP contribution in [0.25, 0.3) is 0 Å². The van der Waals surface area contributed by atoms with E-state index in [0.717, 1.165) is 25.7 Å². The van der Waals surface area contributed by atoms with E-state index in [4.69, 9.17) is 9.84 Å². The summed E-state index contributed by atoms with van der Waals surface area (Å²) in [5.74, 6) is -0.872. The van der Waals surface area contributed by atoms with Crippen LogP contribution in [0.5, 0.6) is 0 Å². The highest BCUT2D eigenvalue weighted by atomic mass is 16.5.